The first-order chi connectivity index (χ1) is 7.58. The maximum atomic E-state index is 11.6. The molecule has 0 amide bonds. The van der Waals surface area contributed by atoms with E-state index in [0.717, 1.165) is 0 Å². The summed E-state index contributed by atoms with van der Waals surface area (Å²) in [5.74, 6) is -0.578. The molecule has 0 spiro atoms. The van der Waals surface area contributed by atoms with E-state index in [1.807, 2.05) is 0 Å². The molecule has 0 fully saturated rings. The van der Waals surface area contributed by atoms with Crippen LogP contribution in [0.25, 0.3) is 0 Å². The van der Waals surface area contributed by atoms with Crippen molar-refractivity contribution in [1.29, 1.82) is 0 Å². The number of aliphatic carboxylic acids is 1. The fourth-order valence-electron chi connectivity index (χ4n) is 1.62. The van der Waals surface area contributed by atoms with Crippen molar-refractivity contribution >= 4 is 23.4 Å². The molecular weight excluding hydrogens is 232 g/mol. The van der Waals surface area contributed by atoms with Gasteiger partial charge in [-0.2, -0.15) is 0 Å². The summed E-state index contributed by atoms with van der Waals surface area (Å²) in [5.41, 5.74) is 0.860. The number of benzene rings is 1. The number of carbonyl (C=O) groups excluding carboxylic acids is 1. The molecule has 5 heteroatoms. The van der Waals surface area contributed by atoms with Crippen LogP contribution in [0.5, 0.6) is 5.75 Å². The highest BCUT2D eigenvalue weighted by Gasteiger charge is 2.21. The van der Waals surface area contributed by atoms with E-state index in [9.17, 15) is 9.59 Å². The Labute approximate surface area is 96.8 Å². The number of rotatable bonds is 2. The molecule has 0 atom stereocenters. The van der Waals surface area contributed by atoms with Gasteiger partial charge in [0.1, 0.15) is 5.75 Å². The van der Waals surface area contributed by atoms with Crippen LogP contribution in [-0.2, 0) is 11.2 Å². The Bertz CT molecular complexity index is 467. The average Bonchev–Trinajstić information content (AvgIpc) is 2.20. The molecule has 0 aromatic heterocycles. The second-order valence-electron chi connectivity index (χ2n) is 3.53. The van der Waals surface area contributed by atoms with E-state index in [2.05, 4.69) is 0 Å². The molecule has 4 nitrogen and oxygen atoms in total. The number of hydrogen-bond donors (Lipinski definition) is 1. The molecule has 1 heterocycles. The summed E-state index contributed by atoms with van der Waals surface area (Å²) in [5, 5.41) is 9.00. The first-order valence-electron chi connectivity index (χ1n) is 4.78. The third-order valence-corrected chi connectivity index (χ3v) is 2.73. The summed E-state index contributed by atoms with van der Waals surface area (Å²) in [6.07, 6.45) is 0.126. The molecule has 0 unspecified atom stereocenters. The Morgan fingerprint density at radius 3 is 2.94 bits per heavy atom. The summed E-state index contributed by atoms with van der Waals surface area (Å²) < 4.78 is 5.28. The maximum absolute atomic E-state index is 11.6. The van der Waals surface area contributed by atoms with Crippen LogP contribution in [0.15, 0.2) is 12.1 Å². The molecule has 1 aliphatic rings. The number of Topliss-reactive ketones (excluding diaryl/α,β-unsaturated/α-hetero) is 1. The van der Waals surface area contributed by atoms with Crippen molar-refractivity contribution < 1.29 is 19.4 Å². The van der Waals surface area contributed by atoms with E-state index < -0.39 is 5.97 Å². The fraction of sp³-hybridized carbons (Fsp3) is 0.273. The Morgan fingerprint density at radius 2 is 2.25 bits per heavy atom. The lowest BCUT2D eigenvalue weighted by molar-refractivity contribution is -0.136. The van der Waals surface area contributed by atoms with Crippen molar-refractivity contribution in [3.8, 4) is 5.75 Å². The maximum Gasteiger partial charge on any atom is 0.307 e. The van der Waals surface area contributed by atoms with E-state index in [1.165, 1.54) is 12.1 Å². The van der Waals surface area contributed by atoms with Gasteiger partial charge >= 0.3 is 5.97 Å². The van der Waals surface area contributed by atoms with Crippen molar-refractivity contribution in [1.82, 2.24) is 0 Å². The number of hydrogen-bond acceptors (Lipinski definition) is 3. The standard InChI is InChI=1S/C11H9ClO4/c12-8-5-10-7(9(13)1-2-16-10)3-6(8)4-11(14)15/h3,5H,1-2,4H2,(H,14,15). The zero-order valence-electron chi connectivity index (χ0n) is 8.33. The minimum Gasteiger partial charge on any atom is -0.492 e. The molecular formula is C11H9ClO4. The van der Waals surface area contributed by atoms with E-state index in [4.69, 9.17) is 21.4 Å². The van der Waals surface area contributed by atoms with Crippen molar-refractivity contribution in [3.63, 3.8) is 0 Å². The first kappa shape index (κ1) is 11.0. The number of carbonyl (C=O) groups is 2. The molecule has 0 saturated carbocycles. The average molecular weight is 241 g/mol. The van der Waals surface area contributed by atoms with Crippen molar-refractivity contribution in [2.45, 2.75) is 12.8 Å². The van der Waals surface area contributed by atoms with Gasteiger partial charge in [-0.3, -0.25) is 9.59 Å². The summed E-state index contributed by atoms with van der Waals surface area (Å²) in [4.78, 5) is 22.2. The van der Waals surface area contributed by atoms with Gasteiger partial charge in [-0.15, -0.1) is 0 Å². The normalized spacial score (nSPS) is 14.2. The highest BCUT2D eigenvalue weighted by atomic mass is 35.5. The molecule has 2 rings (SSSR count). The van der Waals surface area contributed by atoms with Gasteiger partial charge in [0.2, 0.25) is 0 Å². The smallest absolute Gasteiger partial charge is 0.307 e. The molecule has 0 aliphatic carbocycles. The van der Waals surface area contributed by atoms with Gasteiger partial charge in [-0.25, -0.2) is 0 Å². The minimum absolute atomic E-state index is 0.0374. The number of ketones is 1. The number of carboxylic acids is 1. The zero-order valence-corrected chi connectivity index (χ0v) is 9.08. The van der Waals surface area contributed by atoms with Crippen LogP contribution in [0.4, 0.5) is 0 Å². The number of fused-ring (bicyclic) bond motifs is 1. The predicted molar refractivity (Wildman–Crippen MR) is 57.2 cm³/mol. The van der Waals surface area contributed by atoms with Crippen LogP contribution in [0.1, 0.15) is 22.3 Å². The van der Waals surface area contributed by atoms with Crippen LogP contribution in [0.3, 0.4) is 0 Å². The Kier molecular flexibility index (Phi) is 2.83. The lowest BCUT2D eigenvalue weighted by atomic mass is 10.0. The van der Waals surface area contributed by atoms with Crippen LogP contribution in [0.2, 0.25) is 5.02 Å². The Morgan fingerprint density at radius 1 is 1.50 bits per heavy atom. The minimum atomic E-state index is -0.981. The van der Waals surface area contributed by atoms with Gasteiger partial charge in [-0.05, 0) is 17.7 Å². The topological polar surface area (TPSA) is 63.6 Å². The Balaban J connectivity index is 2.45. The van der Waals surface area contributed by atoms with E-state index in [-0.39, 0.29) is 12.2 Å². The molecule has 0 saturated heterocycles. The molecule has 1 aromatic rings. The van der Waals surface area contributed by atoms with Crippen molar-refractivity contribution in [3.05, 3.63) is 28.3 Å². The van der Waals surface area contributed by atoms with Crippen LogP contribution in [-0.4, -0.2) is 23.5 Å². The predicted octanol–water partition coefficient (Wildman–Crippen LogP) is 1.93. The lowest BCUT2D eigenvalue weighted by Crippen LogP contribution is -2.16. The van der Waals surface area contributed by atoms with Gasteiger partial charge < -0.3 is 9.84 Å². The Hall–Kier alpha value is -1.55. The van der Waals surface area contributed by atoms with Gasteiger partial charge in [-0.1, -0.05) is 11.6 Å². The van der Waals surface area contributed by atoms with Gasteiger partial charge in [0.25, 0.3) is 0 Å². The van der Waals surface area contributed by atoms with Gasteiger partial charge in [0.15, 0.2) is 5.78 Å². The summed E-state index contributed by atoms with van der Waals surface area (Å²) >= 11 is 5.90. The lowest BCUT2D eigenvalue weighted by Gasteiger charge is -2.17. The van der Waals surface area contributed by atoms with E-state index in [0.29, 0.717) is 34.9 Å². The SMILES string of the molecule is O=C(O)Cc1cc2c(cc1Cl)OCCC2=O. The van der Waals surface area contributed by atoms with E-state index in [1.54, 1.807) is 0 Å². The van der Waals surface area contributed by atoms with Gasteiger partial charge in [0, 0.05) is 11.4 Å². The summed E-state index contributed by atoms with van der Waals surface area (Å²) in [7, 11) is 0. The van der Waals surface area contributed by atoms with Crippen LogP contribution >= 0.6 is 11.6 Å². The second-order valence-corrected chi connectivity index (χ2v) is 3.94. The quantitative estimate of drug-likeness (QED) is 0.858. The number of halogens is 1. The largest absolute Gasteiger partial charge is 0.492 e. The fourth-order valence-corrected chi connectivity index (χ4v) is 1.84. The van der Waals surface area contributed by atoms with Crippen LogP contribution < -0.4 is 4.74 Å². The molecule has 16 heavy (non-hydrogen) atoms. The molecule has 1 aromatic carbocycles. The van der Waals surface area contributed by atoms with E-state index >= 15 is 0 Å². The highest BCUT2D eigenvalue weighted by molar-refractivity contribution is 6.32. The number of carboxylic acid groups (broad SMARTS) is 1. The third kappa shape index (κ3) is 2.02. The molecule has 84 valence electrons. The number of ether oxygens (including phenoxy) is 1. The zero-order chi connectivity index (χ0) is 11.7. The van der Waals surface area contributed by atoms with Gasteiger partial charge in [0.05, 0.1) is 18.6 Å². The molecule has 0 bridgehead atoms. The monoisotopic (exact) mass is 240 g/mol. The highest BCUT2D eigenvalue weighted by Crippen LogP contribution is 2.31. The summed E-state index contributed by atoms with van der Waals surface area (Å²) in [6, 6.07) is 3.01. The third-order valence-electron chi connectivity index (χ3n) is 2.38. The van der Waals surface area contributed by atoms with Crippen molar-refractivity contribution in [2.75, 3.05) is 6.61 Å². The van der Waals surface area contributed by atoms with Crippen LogP contribution in [0, 0.1) is 0 Å². The second kappa shape index (κ2) is 4.14. The summed E-state index contributed by atoms with van der Waals surface area (Å²) in [6.45, 7) is 0.348. The first-order valence-corrected chi connectivity index (χ1v) is 5.16. The molecule has 1 N–H and O–H groups in total. The molecule has 1 aliphatic heterocycles. The van der Waals surface area contributed by atoms with Crippen molar-refractivity contribution in [2.24, 2.45) is 0 Å². The molecule has 0 radical (unpaired) electrons.